The van der Waals surface area contributed by atoms with Crippen molar-refractivity contribution in [1.82, 2.24) is 4.57 Å². The van der Waals surface area contributed by atoms with Crippen LogP contribution in [0.2, 0.25) is 0 Å². The van der Waals surface area contributed by atoms with Gasteiger partial charge in [0.1, 0.15) is 11.5 Å². The molecule has 0 atom stereocenters. The molecule has 46 heavy (non-hydrogen) atoms. The number of furan rings is 1. The highest BCUT2D eigenvalue weighted by Crippen LogP contribution is 2.48. The Hall–Kier alpha value is -6.04. The zero-order valence-corrected chi connectivity index (χ0v) is 25.2. The number of para-hydroxylation sites is 2. The fraction of sp³-hybridized carbons (Fsp3) is 0.0455. The van der Waals surface area contributed by atoms with Crippen LogP contribution in [0.4, 0.5) is 0 Å². The third-order valence-corrected chi connectivity index (χ3v) is 9.18. The van der Waals surface area contributed by atoms with Gasteiger partial charge in [0.25, 0.3) is 0 Å². The maximum Gasteiger partial charge on any atom is 0.142 e. The maximum absolute atomic E-state index is 7.24. The predicted octanol–water partition coefficient (Wildman–Crippen LogP) is 11.6. The molecule has 0 amide bonds. The van der Waals surface area contributed by atoms with Crippen LogP contribution < -0.4 is 0 Å². The standard InChI is InChI=1S/C44H29NO/c1-3-16-30(17-4-1)32-20-7-8-23-36(32)43-37-24-9-10-25-38(37)44(46-43)42-33(31-18-5-2-6-19-31)26-15-29-41(42)45-39-27-13-11-21-34(39)35-22-12-14-28-40(35)45/h1-5,7-9,11-18,20-24,26-29H,10,25H2. The fourth-order valence-electron chi connectivity index (χ4n) is 7.17. The van der Waals surface area contributed by atoms with E-state index in [9.17, 15) is 0 Å². The van der Waals surface area contributed by atoms with Crippen molar-refractivity contribution in [3.05, 3.63) is 169 Å². The summed E-state index contributed by atoms with van der Waals surface area (Å²) in [7, 11) is 0. The Kier molecular flexibility index (Phi) is 6.21. The van der Waals surface area contributed by atoms with E-state index in [1.807, 2.05) is 12.1 Å². The van der Waals surface area contributed by atoms with Crippen molar-refractivity contribution in [2.24, 2.45) is 0 Å². The van der Waals surface area contributed by atoms with Crippen LogP contribution in [0.1, 0.15) is 17.5 Å². The zero-order valence-electron chi connectivity index (χ0n) is 25.2. The minimum Gasteiger partial charge on any atom is -0.455 e. The van der Waals surface area contributed by atoms with Gasteiger partial charge >= 0.3 is 0 Å². The molecule has 0 saturated carbocycles. The number of allylic oxidation sites excluding steroid dienone is 1. The quantitative estimate of drug-likeness (QED) is 0.196. The Morgan fingerprint density at radius 3 is 2.04 bits per heavy atom. The second-order valence-electron chi connectivity index (χ2n) is 11.8. The van der Waals surface area contributed by atoms with Gasteiger partial charge in [-0.3, -0.25) is 0 Å². The molecule has 0 fully saturated rings. The summed E-state index contributed by atoms with van der Waals surface area (Å²) in [5.41, 5.74) is 12.4. The highest BCUT2D eigenvalue weighted by molar-refractivity contribution is 6.10. The SMILES string of the molecule is c1cccc(-c2cccc(-n3c4ccccc4c4ccccc43)c2-c2oc(-c3ccccc3-c3ccccc3)c3c2CCC=C3)c#1. The molecule has 0 spiro atoms. The number of nitrogens with zero attached hydrogens (tertiary/aromatic N) is 1. The van der Waals surface area contributed by atoms with Gasteiger partial charge < -0.3 is 8.98 Å². The summed E-state index contributed by atoms with van der Waals surface area (Å²) >= 11 is 0. The van der Waals surface area contributed by atoms with Crippen LogP contribution in [0.15, 0.2) is 150 Å². The molecule has 8 aromatic rings. The summed E-state index contributed by atoms with van der Waals surface area (Å²) in [6.45, 7) is 0. The molecular formula is C44H29NO. The van der Waals surface area contributed by atoms with Crippen LogP contribution in [0.3, 0.4) is 0 Å². The first-order chi connectivity index (χ1) is 22.9. The van der Waals surface area contributed by atoms with Crippen molar-refractivity contribution in [1.29, 1.82) is 0 Å². The van der Waals surface area contributed by atoms with Crippen molar-refractivity contribution in [2.45, 2.75) is 12.8 Å². The van der Waals surface area contributed by atoms with Crippen LogP contribution in [0.5, 0.6) is 0 Å². The molecule has 216 valence electrons. The summed E-state index contributed by atoms with van der Waals surface area (Å²) in [6, 6.07) is 55.8. The Balaban J connectivity index is 1.38. The second-order valence-corrected chi connectivity index (χ2v) is 11.8. The number of hydrogen-bond donors (Lipinski definition) is 0. The third-order valence-electron chi connectivity index (χ3n) is 9.18. The average molecular weight is 588 g/mol. The monoisotopic (exact) mass is 587 g/mol. The van der Waals surface area contributed by atoms with E-state index in [1.54, 1.807) is 0 Å². The molecule has 0 saturated heterocycles. The number of hydrogen-bond acceptors (Lipinski definition) is 1. The van der Waals surface area contributed by atoms with Crippen molar-refractivity contribution in [3.63, 3.8) is 0 Å². The smallest absolute Gasteiger partial charge is 0.142 e. The highest BCUT2D eigenvalue weighted by atomic mass is 16.3. The van der Waals surface area contributed by atoms with E-state index in [4.69, 9.17) is 4.42 Å². The van der Waals surface area contributed by atoms with Gasteiger partial charge in [0.2, 0.25) is 0 Å². The number of rotatable bonds is 5. The lowest BCUT2D eigenvalue weighted by Gasteiger charge is -2.17. The number of benzene rings is 5. The highest BCUT2D eigenvalue weighted by Gasteiger charge is 2.28. The fourth-order valence-corrected chi connectivity index (χ4v) is 7.17. The molecule has 2 heterocycles. The van der Waals surface area contributed by atoms with Gasteiger partial charge in [-0.15, -0.1) is 0 Å². The topological polar surface area (TPSA) is 18.1 Å². The third kappa shape index (κ3) is 4.14. The van der Waals surface area contributed by atoms with Crippen molar-refractivity contribution in [3.8, 4) is 50.6 Å². The molecule has 0 N–H and O–H groups in total. The Bertz CT molecular complexity index is 2350. The number of fused-ring (bicyclic) bond motifs is 4. The Morgan fingerprint density at radius 2 is 1.28 bits per heavy atom. The molecule has 2 aromatic heterocycles. The first kappa shape index (κ1) is 26.4. The van der Waals surface area contributed by atoms with Gasteiger partial charge in [-0.05, 0) is 54.3 Å². The van der Waals surface area contributed by atoms with Gasteiger partial charge in [-0.2, -0.15) is 0 Å². The van der Waals surface area contributed by atoms with Crippen LogP contribution in [0, 0.1) is 12.1 Å². The van der Waals surface area contributed by atoms with E-state index < -0.39 is 0 Å². The molecule has 1 aliphatic carbocycles. The van der Waals surface area contributed by atoms with Crippen LogP contribution in [-0.2, 0) is 6.42 Å². The molecule has 9 rings (SSSR count). The average Bonchev–Trinajstić information content (AvgIpc) is 3.68. The van der Waals surface area contributed by atoms with Gasteiger partial charge in [0.05, 0.1) is 22.3 Å². The van der Waals surface area contributed by atoms with E-state index in [0.29, 0.717) is 0 Å². The molecule has 1 aliphatic rings. The van der Waals surface area contributed by atoms with E-state index in [-0.39, 0.29) is 0 Å². The van der Waals surface area contributed by atoms with Crippen LogP contribution in [-0.4, -0.2) is 4.57 Å². The van der Waals surface area contributed by atoms with E-state index >= 15 is 0 Å². The lowest BCUT2D eigenvalue weighted by molar-refractivity contribution is 0.594. The van der Waals surface area contributed by atoms with Crippen LogP contribution >= 0.6 is 0 Å². The van der Waals surface area contributed by atoms with E-state index in [1.165, 1.54) is 32.9 Å². The largest absolute Gasteiger partial charge is 0.455 e. The summed E-state index contributed by atoms with van der Waals surface area (Å²) in [5.74, 6) is 1.83. The molecule has 0 bridgehead atoms. The molecule has 0 radical (unpaired) electrons. The number of aromatic nitrogens is 1. The normalized spacial score (nSPS) is 12.3. The predicted molar refractivity (Wildman–Crippen MR) is 190 cm³/mol. The molecular weight excluding hydrogens is 558 g/mol. The lowest BCUT2D eigenvalue weighted by atomic mass is 9.89. The lowest BCUT2D eigenvalue weighted by Crippen LogP contribution is -2.01. The van der Waals surface area contributed by atoms with Crippen molar-refractivity contribution >= 4 is 27.9 Å². The summed E-state index contributed by atoms with van der Waals surface area (Å²) in [6.07, 6.45) is 6.41. The summed E-state index contributed by atoms with van der Waals surface area (Å²) in [4.78, 5) is 0. The van der Waals surface area contributed by atoms with Crippen molar-refractivity contribution < 1.29 is 4.42 Å². The zero-order chi connectivity index (χ0) is 30.5. The van der Waals surface area contributed by atoms with Crippen LogP contribution in [0.25, 0.3) is 78.5 Å². The Morgan fingerprint density at radius 1 is 0.587 bits per heavy atom. The molecule has 6 aromatic carbocycles. The van der Waals surface area contributed by atoms with Gasteiger partial charge in [0, 0.05) is 38.6 Å². The van der Waals surface area contributed by atoms with E-state index in [2.05, 4.69) is 156 Å². The minimum absolute atomic E-state index is 0.906. The van der Waals surface area contributed by atoms with Crippen molar-refractivity contribution in [2.75, 3.05) is 0 Å². The first-order valence-electron chi connectivity index (χ1n) is 15.8. The second kappa shape index (κ2) is 10.8. The summed E-state index contributed by atoms with van der Waals surface area (Å²) < 4.78 is 9.64. The van der Waals surface area contributed by atoms with E-state index in [0.717, 1.165) is 63.4 Å². The minimum atomic E-state index is 0.906. The molecule has 2 nitrogen and oxygen atoms in total. The molecule has 0 unspecified atom stereocenters. The molecule has 2 heteroatoms. The molecule has 0 aliphatic heterocycles. The van der Waals surface area contributed by atoms with Gasteiger partial charge in [0.15, 0.2) is 0 Å². The summed E-state index contributed by atoms with van der Waals surface area (Å²) in [5, 5.41) is 2.46. The van der Waals surface area contributed by atoms with Gasteiger partial charge in [-0.25, -0.2) is 0 Å². The Labute approximate surface area is 268 Å². The maximum atomic E-state index is 7.24. The van der Waals surface area contributed by atoms with Gasteiger partial charge in [-0.1, -0.05) is 133 Å². The first-order valence-corrected chi connectivity index (χ1v) is 15.8.